The van der Waals surface area contributed by atoms with Crippen molar-refractivity contribution >= 4 is 27.5 Å². The van der Waals surface area contributed by atoms with Crippen molar-refractivity contribution in [3.05, 3.63) is 28.2 Å². The van der Waals surface area contributed by atoms with Crippen LogP contribution < -0.4 is 16.8 Å². The normalized spacial score (nSPS) is 12.2. The van der Waals surface area contributed by atoms with Crippen molar-refractivity contribution in [1.29, 1.82) is 0 Å². The van der Waals surface area contributed by atoms with Gasteiger partial charge in [-0.3, -0.25) is 4.79 Å². The third-order valence-electron chi connectivity index (χ3n) is 2.80. The molecule has 0 fully saturated rings. The number of carbonyl (C=O) groups excluding carboxylic acids is 1. The molecular formula is C13H20BrN3O. The minimum absolute atomic E-state index is 0.164. The summed E-state index contributed by atoms with van der Waals surface area (Å²) in [5.41, 5.74) is 12.3. The van der Waals surface area contributed by atoms with E-state index >= 15 is 0 Å². The lowest BCUT2D eigenvalue weighted by Crippen LogP contribution is -2.30. The number of nitrogens with two attached hydrogens (primary N) is 2. The van der Waals surface area contributed by atoms with Gasteiger partial charge in [-0.2, -0.15) is 0 Å². The minimum Gasteiger partial charge on any atom is -0.380 e. The van der Waals surface area contributed by atoms with Gasteiger partial charge in [0.2, 0.25) is 0 Å². The highest BCUT2D eigenvalue weighted by molar-refractivity contribution is 9.10. The van der Waals surface area contributed by atoms with Crippen LogP contribution in [0.4, 0.5) is 5.69 Å². The molecule has 0 heterocycles. The number of halogens is 1. The van der Waals surface area contributed by atoms with Gasteiger partial charge in [0, 0.05) is 22.7 Å². The molecular weight excluding hydrogens is 294 g/mol. The highest BCUT2D eigenvalue weighted by atomic mass is 79.9. The SMILES string of the molecule is CCCCC(CN)Nc1cc(Br)ccc1C(N)=O. The van der Waals surface area contributed by atoms with Crippen LogP contribution in [0.25, 0.3) is 0 Å². The van der Waals surface area contributed by atoms with Crippen LogP contribution in [0.2, 0.25) is 0 Å². The molecule has 5 N–H and O–H groups in total. The van der Waals surface area contributed by atoms with E-state index in [1.54, 1.807) is 12.1 Å². The Morgan fingerprint density at radius 3 is 2.78 bits per heavy atom. The van der Waals surface area contributed by atoms with Crippen LogP contribution in [-0.4, -0.2) is 18.5 Å². The maximum Gasteiger partial charge on any atom is 0.250 e. The summed E-state index contributed by atoms with van der Waals surface area (Å²) in [6.45, 7) is 2.67. The Labute approximate surface area is 116 Å². The maximum absolute atomic E-state index is 11.4. The van der Waals surface area contributed by atoms with E-state index < -0.39 is 5.91 Å². The monoisotopic (exact) mass is 313 g/mol. The van der Waals surface area contributed by atoms with Crippen LogP contribution in [0.1, 0.15) is 36.5 Å². The number of rotatable bonds is 7. The van der Waals surface area contributed by atoms with Gasteiger partial charge in [0.25, 0.3) is 5.91 Å². The molecule has 1 unspecified atom stereocenters. The van der Waals surface area contributed by atoms with E-state index in [0.717, 1.165) is 29.4 Å². The van der Waals surface area contributed by atoms with Gasteiger partial charge in [0.05, 0.1) is 5.56 Å². The van der Waals surface area contributed by atoms with Gasteiger partial charge in [-0.1, -0.05) is 35.7 Å². The summed E-state index contributed by atoms with van der Waals surface area (Å²) in [7, 11) is 0. The fourth-order valence-electron chi connectivity index (χ4n) is 1.77. The number of hydrogen-bond donors (Lipinski definition) is 3. The highest BCUT2D eigenvalue weighted by Crippen LogP contribution is 2.22. The molecule has 18 heavy (non-hydrogen) atoms. The van der Waals surface area contributed by atoms with Gasteiger partial charge >= 0.3 is 0 Å². The molecule has 0 spiro atoms. The van der Waals surface area contributed by atoms with Gasteiger partial charge in [0.1, 0.15) is 0 Å². The molecule has 1 aromatic rings. The average molecular weight is 314 g/mol. The summed E-state index contributed by atoms with van der Waals surface area (Å²) in [6, 6.07) is 5.53. The Bertz CT molecular complexity index is 409. The number of carbonyl (C=O) groups is 1. The van der Waals surface area contributed by atoms with E-state index in [4.69, 9.17) is 11.5 Å². The molecule has 1 amide bonds. The van der Waals surface area contributed by atoms with Gasteiger partial charge in [-0.05, 0) is 24.6 Å². The Balaban J connectivity index is 2.86. The van der Waals surface area contributed by atoms with E-state index in [1.165, 1.54) is 0 Å². The zero-order valence-electron chi connectivity index (χ0n) is 10.6. The maximum atomic E-state index is 11.4. The van der Waals surface area contributed by atoms with Gasteiger partial charge in [-0.25, -0.2) is 0 Å². The number of unbranched alkanes of at least 4 members (excludes halogenated alkanes) is 1. The zero-order valence-corrected chi connectivity index (χ0v) is 12.2. The van der Waals surface area contributed by atoms with Crippen LogP contribution in [0.15, 0.2) is 22.7 Å². The van der Waals surface area contributed by atoms with Crippen molar-refractivity contribution in [2.45, 2.75) is 32.2 Å². The third-order valence-corrected chi connectivity index (χ3v) is 3.29. The molecule has 1 aromatic carbocycles. The molecule has 0 aliphatic rings. The van der Waals surface area contributed by atoms with Crippen molar-refractivity contribution in [1.82, 2.24) is 0 Å². The van der Waals surface area contributed by atoms with Gasteiger partial charge in [0.15, 0.2) is 0 Å². The molecule has 0 aromatic heterocycles. The Hall–Kier alpha value is -1.07. The highest BCUT2D eigenvalue weighted by Gasteiger charge is 2.12. The van der Waals surface area contributed by atoms with E-state index in [-0.39, 0.29) is 6.04 Å². The summed E-state index contributed by atoms with van der Waals surface area (Å²) in [6.07, 6.45) is 3.21. The molecule has 4 nitrogen and oxygen atoms in total. The molecule has 0 aliphatic carbocycles. The average Bonchev–Trinajstić information content (AvgIpc) is 2.34. The third kappa shape index (κ3) is 4.31. The Morgan fingerprint density at radius 1 is 1.50 bits per heavy atom. The number of amides is 1. The number of primary amides is 1. The minimum atomic E-state index is -0.434. The van der Waals surface area contributed by atoms with Gasteiger partial charge < -0.3 is 16.8 Å². The summed E-state index contributed by atoms with van der Waals surface area (Å²) in [4.78, 5) is 11.4. The second kappa shape index (κ2) is 7.38. The Kier molecular flexibility index (Phi) is 6.15. The van der Waals surface area contributed by atoms with E-state index in [9.17, 15) is 4.79 Å². The molecule has 0 saturated carbocycles. The lowest BCUT2D eigenvalue weighted by molar-refractivity contribution is 0.100. The Morgan fingerprint density at radius 2 is 2.22 bits per heavy atom. The standard InChI is InChI=1S/C13H20BrN3O/c1-2-3-4-10(8-15)17-12-7-9(14)5-6-11(12)13(16)18/h5-7,10,17H,2-4,8,15H2,1H3,(H2,16,18). The van der Waals surface area contributed by atoms with Crippen LogP contribution in [0.5, 0.6) is 0 Å². The lowest BCUT2D eigenvalue weighted by Gasteiger charge is -2.19. The van der Waals surface area contributed by atoms with Crippen LogP contribution in [0.3, 0.4) is 0 Å². The molecule has 0 bridgehead atoms. The largest absolute Gasteiger partial charge is 0.380 e. The smallest absolute Gasteiger partial charge is 0.250 e. The number of hydrogen-bond acceptors (Lipinski definition) is 3. The molecule has 1 atom stereocenters. The van der Waals surface area contributed by atoms with Crippen molar-refractivity contribution in [3.8, 4) is 0 Å². The topological polar surface area (TPSA) is 81.1 Å². The quantitative estimate of drug-likeness (QED) is 0.723. The second-order valence-corrected chi connectivity index (χ2v) is 5.19. The van der Waals surface area contributed by atoms with Crippen LogP contribution in [-0.2, 0) is 0 Å². The molecule has 0 aliphatic heterocycles. The number of nitrogens with one attached hydrogen (secondary N) is 1. The summed E-state index contributed by atoms with van der Waals surface area (Å²) >= 11 is 3.39. The predicted octanol–water partition coefficient (Wildman–Crippen LogP) is 2.48. The summed E-state index contributed by atoms with van der Waals surface area (Å²) in [5.74, 6) is -0.434. The zero-order chi connectivity index (χ0) is 13.5. The van der Waals surface area contributed by atoms with E-state index in [1.807, 2.05) is 6.07 Å². The predicted molar refractivity (Wildman–Crippen MR) is 78.7 cm³/mol. The fraction of sp³-hybridized carbons (Fsp3) is 0.462. The van der Waals surface area contributed by atoms with Crippen molar-refractivity contribution in [2.24, 2.45) is 11.5 Å². The van der Waals surface area contributed by atoms with Gasteiger partial charge in [-0.15, -0.1) is 0 Å². The first-order valence-corrected chi connectivity index (χ1v) is 6.93. The fourth-order valence-corrected chi connectivity index (χ4v) is 2.13. The van der Waals surface area contributed by atoms with E-state index in [2.05, 4.69) is 28.2 Å². The van der Waals surface area contributed by atoms with Crippen molar-refractivity contribution < 1.29 is 4.79 Å². The molecule has 0 radical (unpaired) electrons. The second-order valence-electron chi connectivity index (χ2n) is 4.27. The summed E-state index contributed by atoms with van der Waals surface area (Å²) in [5, 5.41) is 3.30. The first kappa shape index (κ1) is 15.0. The van der Waals surface area contributed by atoms with Crippen LogP contribution in [0, 0.1) is 0 Å². The molecule has 0 saturated heterocycles. The number of benzene rings is 1. The van der Waals surface area contributed by atoms with E-state index in [0.29, 0.717) is 12.1 Å². The van der Waals surface area contributed by atoms with Crippen molar-refractivity contribution in [3.63, 3.8) is 0 Å². The lowest BCUT2D eigenvalue weighted by atomic mass is 10.1. The number of anilines is 1. The van der Waals surface area contributed by atoms with Crippen LogP contribution >= 0.6 is 15.9 Å². The molecule has 5 heteroatoms. The summed E-state index contributed by atoms with van der Waals surface area (Å²) < 4.78 is 0.904. The first-order chi connectivity index (χ1) is 8.58. The van der Waals surface area contributed by atoms with Crippen molar-refractivity contribution in [2.75, 3.05) is 11.9 Å². The molecule has 100 valence electrons. The molecule has 1 rings (SSSR count). The first-order valence-electron chi connectivity index (χ1n) is 6.14.